The molecule has 4 rings (SSSR count). The zero-order chi connectivity index (χ0) is 17.4. The third kappa shape index (κ3) is 3.14. The third-order valence-corrected chi connectivity index (χ3v) is 5.31. The molecule has 0 radical (unpaired) electrons. The van der Waals surface area contributed by atoms with Crippen LogP contribution in [0.5, 0.6) is 0 Å². The molecule has 0 unspecified atom stereocenters. The fraction of sp³-hybridized carbons (Fsp3) is 0.474. The number of urea groups is 1. The van der Waals surface area contributed by atoms with E-state index in [1.807, 2.05) is 34.7 Å². The SMILES string of the molecule is Cc1ccc(-n2nc(NC(=O)N3CC[C@]4(CCOC4)C3)cc2C)cc1. The van der Waals surface area contributed by atoms with Crippen LogP contribution in [0, 0.1) is 19.3 Å². The number of aromatic nitrogens is 2. The molecule has 3 heterocycles. The van der Waals surface area contributed by atoms with Crippen molar-refractivity contribution < 1.29 is 9.53 Å². The molecule has 6 nitrogen and oxygen atoms in total. The van der Waals surface area contributed by atoms with Gasteiger partial charge in [0.05, 0.1) is 12.3 Å². The van der Waals surface area contributed by atoms with Crippen molar-refractivity contribution in [3.8, 4) is 5.69 Å². The Morgan fingerprint density at radius 3 is 2.76 bits per heavy atom. The van der Waals surface area contributed by atoms with Crippen LogP contribution >= 0.6 is 0 Å². The summed E-state index contributed by atoms with van der Waals surface area (Å²) in [5.41, 5.74) is 3.36. The molecule has 0 aliphatic carbocycles. The number of hydrogen-bond acceptors (Lipinski definition) is 3. The van der Waals surface area contributed by atoms with Crippen LogP contribution in [0.2, 0.25) is 0 Å². The molecule has 0 saturated carbocycles. The average Bonchev–Trinajstić information content (AvgIpc) is 3.31. The molecule has 132 valence electrons. The number of carbonyl (C=O) groups excluding carboxylic acids is 1. The van der Waals surface area contributed by atoms with Crippen LogP contribution in [-0.4, -0.2) is 47.0 Å². The maximum Gasteiger partial charge on any atom is 0.323 e. The van der Waals surface area contributed by atoms with Gasteiger partial charge in [-0.3, -0.25) is 5.32 Å². The van der Waals surface area contributed by atoms with Gasteiger partial charge in [0.2, 0.25) is 0 Å². The fourth-order valence-electron chi connectivity index (χ4n) is 3.75. The highest BCUT2D eigenvalue weighted by molar-refractivity contribution is 5.88. The van der Waals surface area contributed by atoms with E-state index in [-0.39, 0.29) is 11.4 Å². The van der Waals surface area contributed by atoms with Crippen molar-refractivity contribution in [1.29, 1.82) is 0 Å². The van der Waals surface area contributed by atoms with E-state index in [1.54, 1.807) is 0 Å². The van der Waals surface area contributed by atoms with Gasteiger partial charge in [0.15, 0.2) is 5.82 Å². The second-order valence-electron chi connectivity index (χ2n) is 7.32. The predicted molar refractivity (Wildman–Crippen MR) is 96.1 cm³/mol. The van der Waals surface area contributed by atoms with Crippen molar-refractivity contribution in [2.75, 3.05) is 31.6 Å². The van der Waals surface area contributed by atoms with E-state index in [0.29, 0.717) is 5.82 Å². The molecular weight excluding hydrogens is 316 g/mol. The number of rotatable bonds is 2. The molecule has 2 amide bonds. The molecule has 2 saturated heterocycles. The number of likely N-dealkylation sites (tertiary alicyclic amines) is 1. The Bertz CT molecular complexity index is 775. The average molecular weight is 340 g/mol. The minimum Gasteiger partial charge on any atom is -0.381 e. The number of anilines is 1. The number of hydrogen-bond donors (Lipinski definition) is 1. The molecule has 1 atom stereocenters. The van der Waals surface area contributed by atoms with E-state index in [9.17, 15) is 4.79 Å². The molecule has 1 spiro atoms. The number of aryl methyl sites for hydroxylation is 2. The monoisotopic (exact) mass is 340 g/mol. The predicted octanol–water partition coefficient (Wildman–Crippen LogP) is 3.13. The summed E-state index contributed by atoms with van der Waals surface area (Å²) in [6.07, 6.45) is 2.08. The van der Waals surface area contributed by atoms with E-state index in [2.05, 4.69) is 29.5 Å². The van der Waals surface area contributed by atoms with Crippen LogP contribution in [0.3, 0.4) is 0 Å². The van der Waals surface area contributed by atoms with Crippen LogP contribution in [0.4, 0.5) is 10.6 Å². The van der Waals surface area contributed by atoms with Crippen molar-refractivity contribution in [3.05, 3.63) is 41.6 Å². The number of benzene rings is 1. The summed E-state index contributed by atoms with van der Waals surface area (Å²) in [7, 11) is 0. The quantitative estimate of drug-likeness (QED) is 0.914. The topological polar surface area (TPSA) is 59.4 Å². The van der Waals surface area contributed by atoms with Crippen LogP contribution in [0.15, 0.2) is 30.3 Å². The van der Waals surface area contributed by atoms with E-state index >= 15 is 0 Å². The van der Waals surface area contributed by atoms with Crippen LogP contribution in [0.25, 0.3) is 5.69 Å². The lowest BCUT2D eigenvalue weighted by atomic mass is 9.87. The van der Waals surface area contributed by atoms with Gasteiger partial charge in [-0.2, -0.15) is 0 Å². The normalized spacial score (nSPS) is 22.7. The Labute approximate surface area is 147 Å². The number of ether oxygens (including phenoxy) is 1. The van der Waals surface area contributed by atoms with Gasteiger partial charge in [0, 0.05) is 36.9 Å². The van der Waals surface area contributed by atoms with E-state index < -0.39 is 0 Å². The van der Waals surface area contributed by atoms with Crippen molar-refractivity contribution in [2.24, 2.45) is 5.41 Å². The first-order valence-corrected chi connectivity index (χ1v) is 8.82. The maximum absolute atomic E-state index is 12.6. The summed E-state index contributed by atoms with van der Waals surface area (Å²) in [5.74, 6) is 0.590. The van der Waals surface area contributed by atoms with Crippen molar-refractivity contribution in [3.63, 3.8) is 0 Å². The van der Waals surface area contributed by atoms with E-state index in [1.165, 1.54) is 5.56 Å². The zero-order valence-electron chi connectivity index (χ0n) is 14.8. The van der Waals surface area contributed by atoms with Gasteiger partial charge in [-0.15, -0.1) is 5.10 Å². The van der Waals surface area contributed by atoms with Gasteiger partial charge in [-0.05, 0) is 38.8 Å². The minimum atomic E-state index is -0.0719. The fourth-order valence-corrected chi connectivity index (χ4v) is 3.75. The molecule has 1 aromatic carbocycles. The molecule has 1 aromatic heterocycles. The summed E-state index contributed by atoms with van der Waals surface area (Å²) >= 11 is 0. The lowest BCUT2D eigenvalue weighted by molar-refractivity contribution is 0.154. The molecule has 25 heavy (non-hydrogen) atoms. The van der Waals surface area contributed by atoms with Crippen molar-refractivity contribution in [2.45, 2.75) is 26.7 Å². The Kier molecular flexibility index (Phi) is 4.00. The van der Waals surface area contributed by atoms with Crippen LogP contribution < -0.4 is 5.32 Å². The van der Waals surface area contributed by atoms with Crippen LogP contribution in [0.1, 0.15) is 24.1 Å². The van der Waals surface area contributed by atoms with Crippen LogP contribution in [-0.2, 0) is 4.74 Å². The van der Waals surface area contributed by atoms with E-state index in [4.69, 9.17) is 4.74 Å². The standard InChI is InChI=1S/C19H24N4O2/c1-14-3-5-16(6-4-14)23-15(2)11-17(21-23)20-18(24)22-9-7-19(12-22)8-10-25-13-19/h3-6,11H,7-10,12-13H2,1-2H3,(H,20,21,24)/t19-/m0/s1. The summed E-state index contributed by atoms with van der Waals surface area (Å²) in [5, 5.41) is 7.49. The first-order valence-electron chi connectivity index (χ1n) is 8.82. The molecule has 2 aliphatic rings. The summed E-state index contributed by atoms with van der Waals surface area (Å²) in [6, 6.07) is 10.0. The molecule has 6 heteroatoms. The van der Waals surface area contributed by atoms with Gasteiger partial charge in [0.25, 0.3) is 0 Å². The lowest BCUT2D eigenvalue weighted by Gasteiger charge is -2.21. The highest BCUT2D eigenvalue weighted by atomic mass is 16.5. The highest BCUT2D eigenvalue weighted by Crippen LogP contribution is 2.38. The summed E-state index contributed by atoms with van der Waals surface area (Å²) in [4.78, 5) is 14.5. The van der Waals surface area contributed by atoms with Gasteiger partial charge < -0.3 is 9.64 Å². The largest absolute Gasteiger partial charge is 0.381 e. The Morgan fingerprint density at radius 1 is 1.24 bits per heavy atom. The molecule has 2 aliphatic heterocycles. The second-order valence-corrected chi connectivity index (χ2v) is 7.32. The number of nitrogens with zero attached hydrogens (tertiary/aromatic N) is 3. The van der Waals surface area contributed by atoms with Crippen molar-refractivity contribution >= 4 is 11.8 Å². The Morgan fingerprint density at radius 2 is 2.04 bits per heavy atom. The molecule has 1 N–H and O–H groups in total. The van der Waals surface area contributed by atoms with Gasteiger partial charge in [-0.25, -0.2) is 9.48 Å². The maximum atomic E-state index is 12.6. The number of carbonyl (C=O) groups is 1. The third-order valence-electron chi connectivity index (χ3n) is 5.31. The van der Waals surface area contributed by atoms with Gasteiger partial charge in [-0.1, -0.05) is 17.7 Å². The minimum absolute atomic E-state index is 0.0719. The van der Waals surface area contributed by atoms with E-state index in [0.717, 1.165) is 50.5 Å². The van der Waals surface area contributed by atoms with Gasteiger partial charge in [0.1, 0.15) is 0 Å². The summed E-state index contributed by atoms with van der Waals surface area (Å²) < 4.78 is 7.38. The Hall–Kier alpha value is -2.34. The Balaban J connectivity index is 1.45. The first kappa shape index (κ1) is 16.1. The summed E-state index contributed by atoms with van der Waals surface area (Å²) in [6.45, 7) is 7.20. The van der Waals surface area contributed by atoms with Gasteiger partial charge >= 0.3 is 6.03 Å². The smallest absolute Gasteiger partial charge is 0.323 e. The molecular formula is C19H24N4O2. The highest BCUT2D eigenvalue weighted by Gasteiger charge is 2.42. The molecule has 2 fully saturated rings. The zero-order valence-corrected chi connectivity index (χ0v) is 14.8. The van der Waals surface area contributed by atoms with Crippen molar-refractivity contribution in [1.82, 2.24) is 14.7 Å². The number of amides is 2. The molecule has 2 aromatic rings. The lowest BCUT2D eigenvalue weighted by Crippen LogP contribution is -2.35. The second kappa shape index (κ2) is 6.19. The molecule has 0 bridgehead atoms. The number of nitrogens with one attached hydrogen (secondary N) is 1. The first-order chi connectivity index (χ1) is 12.0.